The van der Waals surface area contributed by atoms with Gasteiger partial charge in [0.2, 0.25) is 0 Å². The summed E-state index contributed by atoms with van der Waals surface area (Å²) in [6.07, 6.45) is 10.2. The van der Waals surface area contributed by atoms with Gasteiger partial charge in [-0.1, -0.05) is 25.5 Å². The van der Waals surface area contributed by atoms with Crippen molar-refractivity contribution in [1.29, 1.82) is 0 Å². The molecule has 3 heteroatoms. The lowest BCUT2D eigenvalue weighted by atomic mass is 9.47. The predicted octanol–water partition coefficient (Wildman–Crippen LogP) is 5.30. The molecule has 0 heterocycles. The van der Waals surface area contributed by atoms with Gasteiger partial charge < -0.3 is 10.2 Å². The van der Waals surface area contributed by atoms with Crippen molar-refractivity contribution in [3.8, 4) is 0 Å². The Morgan fingerprint density at radius 3 is 2.46 bits per heavy atom. The van der Waals surface area contributed by atoms with Crippen LogP contribution in [0.15, 0.2) is 23.0 Å². The van der Waals surface area contributed by atoms with E-state index < -0.39 is 5.60 Å². The van der Waals surface area contributed by atoms with Crippen LogP contribution in [0.4, 0.5) is 4.39 Å². The highest BCUT2D eigenvalue weighted by Crippen LogP contribution is 2.66. The number of rotatable bonds is 1. The third kappa shape index (κ3) is 2.57. The van der Waals surface area contributed by atoms with Crippen LogP contribution in [0.5, 0.6) is 0 Å². The fraction of sp³-hybridized carbons (Fsp3) is 0.826. The van der Waals surface area contributed by atoms with Crippen LogP contribution in [0.2, 0.25) is 0 Å². The van der Waals surface area contributed by atoms with Gasteiger partial charge in [0.05, 0.1) is 6.10 Å². The summed E-state index contributed by atoms with van der Waals surface area (Å²) in [5.41, 5.74) is 1.14. The van der Waals surface area contributed by atoms with Crippen molar-refractivity contribution in [2.24, 2.45) is 28.6 Å². The van der Waals surface area contributed by atoms with Crippen LogP contribution in [-0.4, -0.2) is 21.9 Å². The monoisotopic (exact) mass is 362 g/mol. The Kier molecular flexibility index (Phi) is 4.25. The number of aliphatic hydroxyl groups is 2. The number of aliphatic hydroxyl groups excluding tert-OH is 1. The first-order valence-electron chi connectivity index (χ1n) is 10.6. The molecule has 4 rings (SSSR count). The smallest absolute Gasteiger partial charge is 0.131 e. The van der Waals surface area contributed by atoms with Crippen LogP contribution in [0.25, 0.3) is 0 Å². The van der Waals surface area contributed by atoms with Crippen molar-refractivity contribution >= 4 is 0 Å². The maximum absolute atomic E-state index is 15.0. The molecule has 3 saturated carbocycles. The average molecular weight is 363 g/mol. The summed E-state index contributed by atoms with van der Waals surface area (Å²) in [5, 5.41) is 20.3. The van der Waals surface area contributed by atoms with Gasteiger partial charge in [0.15, 0.2) is 0 Å². The van der Waals surface area contributed by atoms with Gasteiger partial charge in [-0.25, -0.2) is 4.39 Å². The first kappa shape index (κ1) is 18.7. The third-order valence-corrected chi connectivity index (χ3v) is 8.66. The topological polar surface area (TPSA) is 40.5 Å². The number of hydrogen-bond acceptors (Lipinski definition) is 2. The number of allylic oxidation sites excluding steroid dienone is 2. The van der Waals surface area contributed by atoms with E-state index in [1.165, 1.54) is 5.57 Å². The second-order valence-electron chi connectivity index (χ2n) is 10.5. The van der Waals surface area contributed by atoms with Crippen molar-refractivity contribution in [1.82, 2.24) is 0 Å². The van der Waals surface area contributed by atoms with Crippen LogP contribution < -0.4 is 0 Å². The molecule has 2 nitrogen and oxygen atoms in total. The van der Waals surface area contributed by atoms with E-state index in [1.807, 2.05) is 0 Å². The van der Waals surface area contributed by atoms with Crippen molar-refractivity contribution < 1.29 is 14.6 Å². The fourth-order valence-corrected chi connectivity index (χ4v) is 7.18. The molecule has 4 aliphatic carbocycles. The lowest BCUT2D eigenvalue weighted by Gasteiger charge is -2.57. The molecule has 2 N–H and O–H groups in total. The molecule has 4 aliphatic rings. The zero-order chi connectivity index (χ0) is 18.9. The van der Waals surface area contributed by atoms with Crippen LogP contribution in [0.3, 0.4) is 0 Å². The van der Waals surface area contributed by atoms with E-state index in [4.69, 9.17) is 0 Å². The van der Waals surface area contributed by atoms with E-state index in [-0.39, 0.29) is 22.8 Å². The second kappa shape index (κ2) is 5.91. The lowest BCUT2D eigenvalue weighted by molar-refractivity contribution is -0.0283. The molecular weight excluding hydrogens is 327 g/mol. The van der Waals surface area contributed by atoms with E-state index >= 15 is 4.39 Å². The predicted molar refractivity (Wildman–Crippen MR) is 102 cm³/mol. The van der Waals surface area contributed by atoms with Gasteiger partial charge in [-0.3, -0.25) is 0 Å². The van der Waals surface area contributed by atoms with E-state index in [2.05, 4.69) is 19.9 Å². The van der Waals surface area contributed by atoms with Gasteiger partial charge in [0.25, 0.3) is 0 Å². The number of halogens is 1. The van der Waals surface area contributed by atoms with Gasteiger partial charge in [0, 0.05) is 0 Å². The molecule has 0 aromatic carbocycles. The molecule has 3 unspecified atom stereocenters. The zero-order valence-corrected chi connectivity index (χ0v) is 16.8. The van der Waals surface area contributed by atoms with Gasteiger partial charge >= 0.3 is 0 Å². The van der Waals surface area contributed by atoms with Crippen LogP contribution in [0.1, 0.15) is 79.1 Å². The SMILES string of the molecule is CC(C)(O)/C(F)=C1/CCC2C3CC=C4C[C@@H](O)CC[C@]4(C)C3CC[C@]12C. The quantitative estimate of drug-likeness (QED) is 0.621. The van der Waals surface area contributed by atoms with Crippen molar-refractivity contribution in [3.63, 3.8) is 0 Å². The molecule has 0 aromatic heterocycles. The summed E-state index contributed by atoms with van der Waals surface area (Å²) in [7, 11) is 0. The molecule has 0 spiro atoms. The average Bonchev–Trinajstić information content (AvgIpc) is 2.91. The number of fused-ring (bicyclic) bond motifs is 5. The normalized spacial score (nSPS) is 47.6. The molecule has 0 bridgehead atoms. The summed E-state index contributed by atoms with van der Waals surface area (Å²) in [5.74, 6) is 1.52. The van der Waals surface area contributed by atoms with Crippen LogP contribution in [-0.2, 0) is 0 Å². The Hall–Kier alpha value is -0.670. The van der Waals surface area contributed by atoms with Crippen LogP contribution in [0, 0.1) is 28.6 Å². The second-order valence-corrected chi connectivity index (χ2v) is 10.5. The molecule has 0 saturated heterocycles. The first-order chi connectivity index (χ1) is 12.1. The summed E-state index contributed by atoms with van der Waals surface area (Å²) in [4.78, 5) is 0. The first-order valence-corrected chi connectivity index (χ1v) is 10.6. The van der Waals surface area contributed by atoms with Crippen molar-refractivity contribution in [3.05, 3.63) is 23.0 Å². The molecule has 0 amide bonds. The molecule has 0 aliphatic heterocycles. The lowest BCUT2D eigenvalue weighted by Crippen LogP contribution is -2.49. The number of hydrogen-bond donors (Lipinski definition) is 2. The third-order valence-electron chi connectivity index (χ3n) is 8.66. The van der Waals surface area contributed by atoms with Gasteiger partial charge in [-0.05, 0) is 99.4 Å². The Balaban J connectivity index is 1.68. The summed E-state index contributed by atoms with van der Waals surface area (Å²) in [6, 6.07) is 0. The molecular formula is C23H35FO2. The highest BCUT2D eigenvalue weighted by molar-refractivity contribution is 5.32. The maximum atomic E-state index is 15.0. The highest BCUT2D eigenvalue weighted by Gasteiger charge is 2.58. The minimum atomic E-state index is -1.37. The van der Waals surface area contributed by atoms with Gasteiger partial charge in [0.1, 0.15) is 11.4 Å². The van der Waals surface area contributed by atoms with Crippen molar-refractivity contribution in [2.45, 2.75) is 90.8 Å². The molecule has 146 valence electrons. The fourth-order valence-electron chi connectivity index (χ4n) is 7.18. The largest absolute Gasteiger partial charge is 0.393 e. The summed E-state index contributed by atoms with van der Waals surface area (Å²) in [6.45, 7) is 7.82. The molecule has 3 fully saturated rings. The van der Waals surface area contributed by atoms with Gasteiger partial charge in [-0.15, -0.1) is 0 Å². The molecule has 0 radical (unpaired) electrons. The van der Waals surface area contributed by atoms with Crippen LogP contribution >= 0.6 is 0 Å². The standard InChI is InChI=1S/C23H35FO2/c1-21(2,26)20(24)19-8-7-17-16-6-5-14-13-15(25)9-11-22(14,3)18(16)10-12-23(17,19)4/h5,15-18,25-26H,6-13H2,1-4H3/b20-19+/t15-,16?,17?,18?,22-,23-/m0/s1. The molecule has 26 heavy (non-hydrogen) atoms. The maximum Gasteiger partial charge on any atom is 0.131 e. The van der Waals surface area contributed by atoms with E-state index in [0.717, 1.165) is 56.9 Å². The summed E-state index contributed by atoms with van der Waals surface area (Å²) < 4.78 is 15.0. The Bertz CT molecular complexity index is 658. The Morgan fingerprint density at radius 1 is 1.12 bits per heavy atom. The Labute approximate surface area is 157 Å². The minimum absolute atomic E-state index is 0.0961. The minimum Gasteiger partial charge on any atom is -0.393 e. The van der Waals surface area contributed by atoms with Crippen molar-refractivity contribution in [2.75, 3.05) is 0 Å². The Morgan fingerprint density at radius 2 is 1.77 bits per heavy atom. The van der Waals surface area contributed by atoms with E-state index in [1.54, 1.807) is 13.8 Å². The van der Waals surface area contributed by atoms with E-state index in [9.17, 15) is 10.2 Å². The van der Waals surface area contributed by atoms with Gasteiger partial charge in [-0.2, -0.15) is 0 Å². The van der Waals surface area contributed by atoms with E-state index in [0.29, 0.717) is 17.8 Å². The summed E-state index contributed by atoms with van der Waals surface area (Å²) >= 11 is 0. The zero-order valence-electron chi connectivity index (χ0n) is 16.8. The molecule has 0 aromatic rings. The molecule has 6 atom stereocenters. The highest BCUT2D eigenvalue weighted by atomic mass is 19.1.